The van der Waals surface area contributed by atoms with Gasteiger partial charge in [0.15, 0.2) is 11.3 Å². The summed E-state index contributed by atoms with van der Waals surface area (Å²) in [7, 11) is 0. The molecule has 30 heavy (non-hydrogen) atoms. The molecule has 0 saturated carbocycles. The van der Waals surface area contributed by atoms with Crippen LogP contribution in [0.1, 0.15) is 46.2 Å². The third-order valence-electron chi connectivity index (χ3n) is 6.06. The molecule has 2 fully saturated rings. The number of nitrogens with one attached hydrogen (secondary N) is 2. The molecule has 2 aliphatic rings. The first kappa shape index (κ1) is 21.8. The Bertz CT molecular complexity index is 978. The highest BCUT2D eigenvalue weighted by atomic mass is 79.9. The summed E-state index contributed by atoms with van der Waals surface area (Å²) >= 11 is 2.17. The number of aromatic amines is 1. The zero-order chi connectivity index (χ0) is 21.7. The first-order valence-electron chi connectivity index (χ1n) is 10.0. The first-order chi connectivity index (χ1) is 14.1. The number of aromatic nitrogens is 4. The Morgan fingerprint density at radius 3 is 2.70 bits per heavy atom. The van der Waals surface area contributed by atoms with Gasteiger partial charge >= 0.3 is 0 Å². The van der Waals surface area contributed by atoms with Crippen LogP contribution in [0.15, 0.2) is 4.60 Å². The predicted molar refractivity (Wildman–Crippen MR) is 118 cm³/mol. The van der Waals surface area contributed by atoms with Crippen molar-refractivity contribution in [2.45, 2.75) is 57.4 Å². The Kier molecular flexibility index (Phi) is 5.74. The molecule has 4 heterocycles. The Labute approximate surface area is 187 Å². The van der Waals surface area contributed by atoms with Crippen LogP contribution in [0.2, 0.25) is 0 Å². The van der Waals surface area contributed by atoms with Crippen LogP contribution in [0, 0.1) is 16.7 Å². The Balaban J connectivity index is 1.53. The molecule has 1 spiro atoms. The summed E-state index contributed by atoms with van der Waals surface area (Å²) in [4.78, 5) is 11.2. The minimum Gasteiger partial charge on any atom is -0.598 e. The zero-order valence-electron chi connectivity index (χ0n) is 17.5. The van der Waals surface area contributed by atoms with E-state index in [9.17, 15) is 9.81 Å². The molecular formula is C19H26BrN7O2S. The quantitative estimate of drug-likeness (QED) is 0.621. The van der Waals surface area contributed by atoms with Crippen LogP contribution in [0.25, 0.3) is 11.0 Å². The van der Waals surface area contributed by atoms with Crippen molar-refractivity contribution in [2.75, 3.05) is 24.6 Å². The summed E-state index contributed by atoms with van der Waals surface area (Å²) in [6.45, 7) is 10.1. The minimum atomic E-state index is -1.16. The van der Waals surface area contributed by atoms with Crippen molar-refractivity contribution < 1.29 is 9.29 Å². The van der Waals surface area contributed by atoms with E-state index in [1.165, 1.54) is 0 Å². The number of hydrogen-bond donors (Lipinski definition) is 2. The van der Waals surface area contributed by atoms with Gasteiger partial charge in [0.05, 0.1) is 24.1 Å². The van der Waals surface area contributed by atoms with Crippen LogP contribution in [0.5, 0.6) is 0 Å². The van der Waals surface area contributed by atoms with Crippen LogP contribution in [0.3, 0.4) is 0 Å². The largest absolute Gasteiger partial charge is 0.598 e. The van der Waals surface area contributed by atoms with Crippen molar-refractivity contribution in [3.8, 4) is 6.07 Å². The van der Waals surface area contributed by atoms with E-state index in [1.54, 1.807) is 0 Å². The van der Waals surface area contributed by atoms with E-state index in [1.807, 2.05) is 27.7 Å². The molecule has 2 saturated heterocycles. The molecule has 162 valence electrons. The normalized spacial score (nSPS) is 25.0. The number of anilines is 1. The van der Waals surface area contributed by atoms with Crippen LogP contribution >= 0.6 is 15.9 Å². The second-order valence-corrected chi connectivity index (χ2v) is 11.8. The zero-order valence-corrected chi connectivity index (χ0v) is 19.9. The van der Waals surface area contributed by atoms with Crippen molar-refractivity contribution in [1.82, 2.24) is 24.9 Å². The maximum absolute atomic E-state index is 12.7. The fourth-order valence-corrected chi connectivity index (χ4v) is 5.70. The lowest BCUT2D eigenvalue weighted by atomic mass is 9.73. The van der Waals surface area contributed by atoms with Gasteiger partial charge in [0.1, 0.15) is 15.4 Å². The van der Waals surface area contributed by atoms with Gasteiger partial charge in [-0.05, 0) is 56.5 Å². The summed E-state index contributed by atoms with van der Waals surface area (Å²) in [6.07, 6.45) is 1.74. The number of nitriles is 1. The van der Waals surface area contributed by atoms with Crippen LogP contribution < -0.4 is 9.62 Å². The van der Waals surface area contributed by atoms with Gasteiger partial charge in [-0.15, -0.1) is 4.72 Å². The topological polar surface area (TPSA) is 126 Å². The smallest absolute Gasteiger partial charge is 0.228 e. The summed E-state index contributed by atoms with van der Waals surface area (Å²) in [5, 5.41) is 17.0. The molecular weight excluding hydrogens is 470 g/mol. The molecule has 0 unspecified atom stereocenters. The molecule has 0 aliphatic carbocycles. The Morgan fingerprint density at radius 1 is 1.37 bits per heavy atom. The Morgan fingerprint density at radius 2 is 2.07 bits per heavy atom. The lowest BCUT2D eigenvalue weighted by Crippen LogP contribution is -2.56. The lowest BCUT2D eigenvalue weighted by Gasteiger charge is -2.43. The highest BCUT2D eigenvalue weighted by molar-refractivity contribution is 9.10. The highest BCUT2D eigenvalue weighted by Crippen LogP contribution is 2.43. The van der Waals surface area contributed by atoms with E-state index in [4.69, 9.17) is 4.74 Å². The predicted octanol–water partition coefficient (Wildman–Crippen LogP) is 2.41. The fourth-order valence-electron chi connectivity index (χ4n) is 4.21. The molecule has 2 aliphatic heterocycles. The van der Waals surface area contributed by atoms with E-state index >= 15 is 0 Å². The van der Waals surface area contributed by atoms with E-state index in [0.29, 0.717) is 33.9 Å². The van der Waals surface area contributed by atoms with E-state index in [2.05, 4.69) is 51.8 Å². The number of rotatable bonds is 3. The van der Waals surface area contributed by atoms with Gasteiger partial charge in [0.2, 0.25) is 5.95 Å². The molecule has 0 amide bonds. The standard InChI is InChI=1S/C19H26BrN7O2S/c1-11-14(26-30(28)18(2,3)4)19(10-29-11)5-7-27(8-6-19)17-22-12(9-21)13-15(20)24-25-16(13)23-17/h11,14,26H,5-8,10H2,1-4H3,(H,22,23,24,25)/t11-,14+,30+/m0/s1. The average molecular weight is 496 g/mol. The van der Waals surface area contributed by atoms with Gasteiger partial charge in [0.25, 0.3) is 0 Å². The fraction of sp³-hybridized carbons (Fsp3) is 0.684. The maximum Gasteiger partial charge on any atom is 0.228 e. The van der Waals surface area contributed by atoms with Crippen molar-refractivity contribution in [3.63, 3.8) is 0 Å². The van der Waals surface area contributed by atoms with Gasteiger partial charge in [-0.1, -0.05) is 0 Å². The number of ether oxygens (including phenoxy) is 1. The molecule has 3 atom stereocenters. The van der Waals surface area contributed by atoms with E-state index in [-0.39, 0.29) is 22.3 Å². The van der Waals surface area contributed by atoms with Crippen LogP contribution in [-0.4, -0.2) is 61.3 Å². The SMILES string of the molecule is C[C@@H]1OCC2(CCN(c3nc(C#N)c4c(Br)n[nH]c4n3)CC2)[C@@H]1N[S@+]([O-])C(C)(C)C. The second kappa shape index (κ2) is 7.91. The third-order valence-corrected chi connectivity index (χ3v) is 8.22. The number of H-pyrrole nitrogens is 1. The summed E-state index contributed by atoms with van der Waals surface area (Å²) in [5.41, 5.74) is 0.770. The third kappa shape index (κ3) is 3.80. The van der Waals surface area contributed by atoms with Crippen LogP contribution in [0.4, 0.5) is 5.95 Å². The number of nitrogens with zero attached hydrogens (tertiary/aromatic N) is 5. The Hall–Kier alpha value is -1.45. The van der Waals surface area contributed by atoms with Gasteiger partial charge in [-0.2, -0.15) is 15.3 Å². The van der Waals surface area contributed by atoms with E-state index < -0.39 is 11.4 Å². The number of fused-ring (bicyclic) bond motifs is 1. The molecule has 2 N–H and O–H groups in total. The molecule has 0 radical (unpaired) electrons. The van der Waals surface area contributed by atoms with Gasteiger partial charge < -0.3 is 14.2 Å². The average Bonchev–Trinajstić information content (AvgIpc) is 3.23. The first-order valence-corrected chi connectivity index (χ1v) is 12.0. The second-order valence-electron chi connectivity index (χ2n) is 9.06. The number of hydrogen-bond acceptors (Lipinski definition) is 8. The molecule has 0 bridgehead atoms. The van der Waals surface area contributed by atoms with Crippen molar-refractivity contribution in [1.29, 1.82) is 5.26 Å². The number of halogens is 1. The molecule has 9 nitrogen and oxygen atoms in total. The summed E-state index contributed by atoms with van der Waals surface area (Å²) < 4.78 is 22.3. The molecule has 11 heteroatoms. The van der Waals surface area contributed by atoms with Gasteiger partial charge in [0, 0.05) is 29.9 Å². The monoisotopic (exact) mass is 495 g/mol. The van der Waals surface area contributed by atoms with Gasteiger partial charge in [-0.3, -0.25) is 5.10 Å². The molecule has 2 aromatic heterocycles. The van der Waals surface area contributed by atoms with Crippen molar-refractivity contribution in [3.05, 3.63) is 10.3 Å². The maximum atomic E-state index is 12.7. The van der Waals surface area contributed by atoms with Crippen LogP contribution in [-0.2, 0) is 16.1 Å². The minimum absolute atomic E-state index is 0.00276. The molecule has 2 aromatic rings. The number of piperidine rings is 1. The lowest BCUT2D eigenvalue weighted by molar-refractivity contribution is 0.0972. The van der Waals surface area contributed by atoms with Crippen molar-refractivity contribution in [2.24, 2.45) is 5.41 Å². The summed E-state index contributed by atoms with van der Waals surface area (Å²) in [6, 6.07) is 2.17. The molecule has 4 rings (SSSR count). The van der Waals surface area contributed by atoms with Gasteiger partial charge in [-0.25, -0.2) is 4.98 Å². The highest BCUT2D eigenvalue weighted by Gasteiger charge is 2.52. The van der Waals surface area contributed by atoms with Crippen molar-refractivity contribution >= 4 is 44.3 Å². The summed E-state index contributed by atoms with van der Waals surface area (Å²) in [5.74, 6) is 0.528. The molecule has 0 aromatic carbocycles. The van der Waals surface area contributed by atoms with E-state index in [0.717, 1.165) is 25.9 Å².